The first-order chi connectivity index (χ1) is 7.15. The first-order valence-electron chi connectivity index (χ1n) is 5.01. The zero-order valence-corrected chi connectivity index (χ0v) is 8.53. The summed E-state index contributed by atoms with van der Waals surface area (Å²) in [5.41, 5.74) is 0. The molecule has 1 aliphatic rings. The lowest BCUT2D eigenvalue weighted by Gasteiger charge is -2.12. The molecule has 0 spiro atoms. The quantitative estimate of drug-likeness (QED) is 0.503. The molecule has 2 amide bonds. The maximum Gasteiger partial charge on any atom is 0.333 e. The van der Waals surface area contributed by atoms with E-state index in [0.29, 0.717) is 11.5 Å². The van der Waals surface area contributed by atoms with E-state index in [4.69, 9.17) is 0 Å². The summed E-state index contributed by atoms with van der Waals surface area (Å²) in [4.78, 5) is 38.0. The summed E-state index contributed by atoms with van der Waals surface area (Å²) in [5.74, 6) is -1.41. The summed E-state index contributed by atoms with van der Waals surface area (Å²) in [5, 5.41) is 0.576. The van der Waals surface area contributed by atoms with Crippen molar-refractivity contribution in [3.05, 3.63) is 6.92 Å². The molecule has 0 bridgehead atoms. The minimum atomic E-state index is -0.535. The van der Waals surface area contributed by atoms with Crippen molar-refractivity contribution in [3.8, 4) is 0 Å². The molecule has 0 atom stereocenters. The fraction of sp³-hybridized carbons (Fsp3) is 0.600. The Morgan fingerprint density at radius 3 is 2.40 bits per heavy atom. The van der Waals surface area contributed by atoms with E-state index in [-0.39, 0.29) is 19.3 Å². The van der Waals surface area contributed by atoms with Gasteiger partial charge < -0.3 is 4.84 Å². The van der Waals surface area contributed by atoms with Crippen molar-refractivity contribution in [2.45, 2.75) is 38.5 Å². The Balaban J connectivity index is 2.31. The second-order valence-electron chi connectivity index (χ2n) is 3.36. The minimum Gasteiger partial charge on any atom is -0.330 e. The molecule has 5 nitrogen and oxygen atoms in total. The number of hydrogen-bond acceptors (Lipinski definition) is 4. The van der Waals surface area contributed by atoms with Gasteiger partial charge >= 0.3 is 5.97 Å². The van der Waals surface area contributed by atoms with Gasteiger partial charge in [-0.05, 0) is 6.42 Å². The maximum absolute atomic E-state index is 11.2. The zero-order chi connectivity index (χ0) is 11.3. The predicted molar refractivity (Wildman–Crippen MR) is 51.0 cm³/mol. The van der Waals surface area contributed by atoms with Crippen LogP contribution >= 0.6 is 0 Å². The van der Waals surface area contributed by atoms with Gasteiger partial charge in [-0.25, -0.2) is 4.79 Å². The predicted octanol–water partition coefficient (Wildman–Crippen LogP) is 0.988. The molecular weight excluding hydrogens is 198 g/mol. The molecular formula is C10H14NO4. The molecule has 1 fully saturated rings. The van der Waals surface area contributed by atoms with E-state index < -0.39 is 17.8 Å². The Kier molecular flexibility index (Phi) is 4.27. The topological polar surface area (TPSA) is 63.7 Å². The van der Waals surface area contributed by atoms with Gasteiger partial charge in [0.1, 0.15) is 0 Å². The Morgan fingerprint density at radius 2 is 1.87 bits per heavy atom. The summed E-state index contributed by atoms with van der Waals surface area (Å²) in [6, 6.07) is 0. The Bertz CT molecular complexity index is 259. The van der Waals surface area contributed by atoms with Crippen LogP contribution in [0, 0.1) is 6.92 Å². The molecule has 83 valence electrons. The first-order valence-corrected chi connectivity index (χ1v) is 5.01. The molecule has 1 heterocycles. The van der Waals surface area contributed by atoms with Gasteiger partial charge in [0.2, 0.25) is 0 Å². The van der Waals surface area contributed by atoms with Crippen molar-refractivity contribution in [2.24, 2.45) is 0 Å². The molecule has 0 aliphatic carbocycles. The minimum absolute atomic E-state index is 0.130. The van der Waals surface area contributed by atoms with Crippen molar-refractivity contribution in [1.82, 2.24) is 5.06 Å². The van der Waals surface area contributed by atoms with Gasteiger partial charge in [0, 0.05) is 19.3 Å². The normalized spacial score (nSPS) is 15.9. The zero-order valence-electron chi connectivity index (χ0n) is 8.53. The third-order valence-electron chi connectivity index (χ3n) is 2.08. The highest BCUT2D eigenvalue weighted by molar-refractivity contribution is 6.01. The Hall–Kier alpha value is -1.39. The van der Waals surface area contributed by atoms with Crippen LogP contribution in [0.15, 0.2) is 0 Å². The SMILES string of the molecule is [CH2]CCCCC(=O)ON1C(=O)CCC1=O. The molecule has 5 heteroatoms. The number of imide groups is 1. The van der Waals surface area contributed by atoms with E-state index in [1.807, 2.05) is 0 Å². The maximum atomic E-state index is 11.2. The summed E-state index contributed by atoms with van der Waals surface area (Å²) in [6.45, 7) is 3.64. The number of unbranched alkanes of at least 4 members (excludes halogenated alkanes) is 2. The van der Waals surface area contributed by atoms with Crippen LogP contribution in [0.3, 0.4) is 0 Å². The van der Waals surface area contributed by atoms with E-state index in [1.165, 1.54) is 0 Å². The van der Waals surface area contributed by atoms with Crippen molar-refractivity contribution in [2.75, 3.05) is 0 Å². The van der Waals surface area contributed by atoms with Crippen LogP contribution in [-0.2, 0) is 19.2 Å². The van der Waals surface area contributed by atoms with Gasteiger partial charge in [0.15, 0.2) is 0 Å². The van der Waals surface area contributed by atoms with Crippen LogP contribution < -0.4 is 0 Å². The van der Waals surface area contributed by atoms with Gasteiger partial charge in [-0.2, -0.15) is 0 Å². The highest BCUT2D eigenvalue weighted by atomic mass is 16.7. The molecule has 1 radical (unpaired) electrons. The standard InChI is InChI=1S/C10H14NO4/c1-2-3-4-5-10(14)15-11-8(12)6-7-9(11)13/h1-7H2. The number of hydrogen-bond donors (Lipinski definition) is 0. The summed E-state index contributed by atoms with van der Waals surface area (Å²) in [6.07, 6.45) is 2.73. The molecule has 0 aromatic heterocycles. The van der Waals surface area contributed by atoms with Gasteiger partial charge in [-0.15, -0.1) is 5.06 Å². The Labute approximate surface area is 88.3 Å². The number of rotatable bonds is 5. The fourth-order valence-electron chi connectivity index (χ4n) is 1.25. The average molecular weight is 212 g/mol. The van der Waals surface area contributed by atoms with Crippen molar-refractivity contribution in [1.29, 1.82) is 0 Å². The van der Waals surface area contributed by atoms with Gasteiger partial charge in [-0.3, -0.25) is 9.59 Å². The number of amides is 2. The number of nitrogens with zero attached hydrogens (tertiary/aromatic N) is 1. The van der Waals surface area contributed by atoms with Gasteiger partial charge in [-0.1, -0.05) is 19.8 Å². The number of carbonyl (C=O) groups is 3. The van der Waals surface area contributed by atoms with Crippen LogP contribution in [0.1, 0.15) is 38.5 Å². The molecule has 0 aromatic rings. The lowest BCUT2D eigenvalue weighted by atomic mass is 10.2. The largest absolute Gasteiger partial charge is 0.333 e. The molecule has 0 saturated carbocycles. The summed E-state index contributed by atoms with van der Waals surface area (Å²) < 4.78 is 0. The molecule has 1 rings (SSSR count). The molecule has 1 saturated heterocycles. The second kappa shape index (κ2) is 5.48. The third kappa shape index (κ3) is 3.34. The van der Waals surface area contributed by atoms with Crippen molar-refractivity contribution in [3.63, 3.8) is 0 Å². The second-order valence-corrected chi connectivity index (χ2v) is 3.36. The van der Waals surface area contributed by atoms with E-state index in [1.54, 1.807) is 0 Å². The lowest BCUT2D eigenvalue weighted by Crippen LogP contribution is -2.31. The molecule has 0 aromatic carbocycles. The molecule has 15 heavy (non-hydrogen) atoms. The van der Waals surface area contributed by atoms with Crippen LogP contribution in [0.4, 0.5) is 0 Å². The van der Waals surface area contributed by atoms with E-state index in [9.17, 15) is 14.4 Å². The molecule has 0 N–H and O–H groups in total. The van der Waals surface area contributed by atoms with Gasteiger partial charge in [0.25, 0.3) is 11.8 Å². The van der Waals surface area contributed by atoms with Crippen LogP contribution in [-0.4, -0.2) is 22.8 Å². The first kappa shape index (κ1) is 11.7. The monoisotopic (exact) mass is 212 g/mol. The Morgan fingerprint density at radius 1 is 1.27 bits per heavy atom. The highest BCUT2D eigenvalue weighted by Crippen LogP contribution is 2.13. The van der Waals surface area contributed by atoms with E-state index in [2.05, 4.69) is 11.8 Å². The third-order valence-corrected chi connectivity index (χ3v) is 2.08. The van der Waals surface area contributed by atoms with E-state index in [0.717, 1.165) is 12.8 Å². The summed E-state index contributed by atoms with van der Waals surface area (Å²) in [7, 11) is 0. The lowest BCUT2D eigenvalue weighted by molar-refractivity contribution is -0.197. The number of hydroxylamine groups is 2. The number of carbonyl (C=O) groups excluding carboxylic acids is 3. The van der Waals surface area contributed by atoms with Gasteiger partial charge in [0.05, 0.1) is 0 Å². The molecule has 1 aliphatic heterocycles. The average Bonchev–Trinajstić information content (AvgIpc) is 2.50. The van der Waals surface area contributed by atoms with Crippen LogP contribution in [0.2, 0.25) is 0 Å². The van der Waals surface area contributed by atoms with Crippen molar-refractivity contribution >= 4 is 17.8 Å². The van der Waals surface area contributed by atoms with E-state index >= 15 is 0 Å². The van der Waals surface area contributed by atoms with Crippen LogP contribution in [0.5, 0.6) is 0 Å². The van der Waals surface area contributed by atoms with Crippen LogP contribution in [0.25, 0.3) is 0 Å². The van der Waals surface area contributed by atoms with Crippen molar-refractivity contribution < 1.29 is 19.2 Å². The summed E-state index contributed by atoms with van der Waals surface area (Å²) >= 11 is 0. The smallest absolute Gasteiger partial charge is 0.330 e. The fourth-order valence-corrected chi connectivity index (χ4v) is 1.25. The molecule has 0 unspecified atom stereocenters. The highest BCUT2D eigenvalue weighted by Gasteiger charge is 2.32.